The molecule has 1 N–H and O–H groups in total. The first-order valence-corrected chi connectivity index (χ1v) is 9.93. The van der Waals surface area contributed by atoms with Crippen LogP contribution in [-0.4, -0.2) is 14.2 Å². The van der Waals surface area contributed by atoms with Crippen LogP contribution in [0.15, 0.2) is 78.9 Å². The Kier molecular flexibility index (Phi) is 8.43. The van der Waals surface area contributed by atoms with Gasteiger partial charge in [-0.15, -0.1) is 0 Å². The molecule has 0 unspecified atom stereocenters. The lowest BCUT2D eigenvalue weighted by molar-refractivity contribution is 0.0186. The molecule has 28 heavy (non-hydrogen) atoms. The van der Waals surface area contributed by atoms with Crippen LogP contribution >= 0.6 is 0 Å². The van der Waals surface area contributed by atoms with E-state index in [-0.39, 0.29) is 5.60 Å². The number of aryl methyl sites for hydroxylation is 2. The third-order valence-corrected chi connectivity index (χ3v) is 5.11. The molecule has 0 aliphatic heterocycles. The molecule has 0 amide bonds. The van der Waals surface area contributed by atoms with Gasteiger partial charge in [0.05, 0.1) is 0 Å². The Morgan fingerprint density at radius 2 is 1.21 bits per heavy atom. The van der Waals surface area contributed by atoms with Crippen molar-refractivity contribution in [3.63, 3.8) is 0 Å². The Bertz CT molecular complexity index is 756. The maximum Gasteiger partial charge on any atom is 0.117 e. The molecule has 0 heterocycles. The highest BCUT2D eigenvalue weighted by atomic mass is 16.5. The topological polar surface area (TPSA) is 21.3 Å². The van der Waals surface area contributed by atoms with Gasteiger partial charge in [-0.25, -0.2) is 0 Å². The average Bonchev–Trinajstić information content (AvgIpc) is 2.73. The van der Waals surface area contributed by atoms with E-state index in [2.05, 4.69) is 86.8 Å². The average molecular weight is 376 g/mol. The lowest BCUT2D eigenvalue weighted by Crippen LogP contribution is -2.29. The van der Waals surface area contributed by atoms with Gasteiger partial charge in [-0.1, -0.05) is 96.9 Å². The molecule has 0 aliphatic rings. The van der Waals surface area contributed by atoms with E-state index < -0.39 is 0 Å². The largest absolute Gasteiger partial charge is 0.369 e. The Morgan fingerprint density at radius 3 is 1.57 bits per heavy atom. The molecule has 3 aromatic rings. The molecule has 0 saturated carbocycles. The Morgan fingerprint density at radius 1 is 0.750 bits per heavy atom. The van der Waals surface area contributed by atoms with E-state index in [1.807, 2.05) is 25.2 Å². The van der Waals surface area contributed by atoms with Crippen molar-refractivity contribution in [2.45, 2.75) is 39.3 Å². The SMILES string of the molecule is CCC(OC)(c1ccc(C)cc1)c1ccc(C)cc1.CNCc1ccccc1. The maximum atomic E-state index is 5.94. The number of methoxy groups -OCH3 is 1. The zero-order valence-corrected chi connectivity index (χ0v) is 17.8. The van der Waals surface area contributed by atoms with Crippen LogP contribution in [0.1, 0.15) is 41.2 Å². The minimum Gasteiger partial charge on any atom is -0.369 e. The van der Waals surface area contributed by atoms with Crippen molar-refractivity contribution < 1.29 is 4.74 Å². The van der Waals surface area contributed by atoms with Gasteiger partial charge in [0, 0.05) is 13.7 Å². The van der Waals surface area contributed by atoms with E-state index in [0.29, 0.717) is 0 Å². The van der Waals surface area contributed by atoms with E-state index in [9.17, 15) is 0 Å². The summed E-state index contributed by atoms with van der Waals surface area (Å²) in [5.74, 6) is 0. The second-order valence-corrected chi connectivity index (χ2v) is 7.13. The minimum atomic E-state index is -0.346. The normalized spacial score (nSPS) is 10.9. The molecule has 0 radical (unpaired) electrons. The number of ether oxygens (including phenoxy) is 1. The molecule has 3 rings (SSSR count). The summed E-state index contributed by atoms with van der Waals surface area (Å²) in [4.78, 5) is 0. The van der Waals surface area contributed by atoms with Crippen LogP contribution in [0.5, 0.6) is 0 Å². The highest BCUT2D eigenvalue weighted by Crippen LogP contribution is 2.36. The van der Waals surface area contributed by atoms with Crippen molar-refractivity contribution in [2.24, 2.45) is 0 Å². The van der Waals surface area contributed by atoms with Gasteiger partial charge in [-0.05, 0) is 44.0 Å². The van der Waals surface area contributed by atoms with Crippen molar-refractivity contribution in [3.8, 4) is 0 Å². The fourth-order valence-electron chi connectivity index (χ4n) is 3.40. The van der Waals surface area contributed by atoms with Crippen molar-refractivity contribution in [1.82, 2.24) is 5.32 Å². The molecular formula is C26H33NO. The van der Waals surface area contributed by atoms with Gasteiger partial charge in [-0.3, -0.25) is 0 Å². The predicted octanol–water partition coefficient (Wildman–Crippen LogP) is 6.01. The summed E-state index contributed by atoms with van der Waals surface area (Å²) in [6, 6.07) is 27.6. The zero-order valence-electron chi connectivity index (χ0n) is 17.8. The van der Waals surface area contributed by atoms with Gasteiger partial charge in [0.2, 0.25) is 0 Å². The Balaban J connectivity index is 0.000000261. The second kappa shape index (κ2) is 10.8. The van der Waals surface area contributed by atoms with Crippen LogP contribution in [0.3, 0.4) is 0 Å². The molecule has 3 aromatic carbocycles. The quantitative estimate of drug-likeness (QED) is 0.570. The van der Waals surface area contributed by atoms with Gasteiger partial charge < -0.3 is 10.1 Å². The van der Waals surface area contributed by atoms with E-state index in [0.717, 1.165) is 13.0 Å². The Hall–Kier alpha value is -2.42. The first kappa shape index (κ1) is 21.9. The predicted molar refractivity (Wildman–Crippen MR) is 120 cm³/mol. The molecule has 0 bridgehead atoms. The van der Waals surface area contributed by atoms with Crippen LogP contribution in [-0.2, 0) is 16.9 Å². The summed E-state index contributed by atoms with van der Waals surface area (Å²) in [5.41, 5.74) is 5.96. The molecular weight excluding hydrogens is 342 g/mol. The van der Waals surface area contributed by atoms with Crippen LogP contribution in [0.25, 0.3) is 0 Å². The minimum absolute atomic E-state index is 0.346. The summed E-state index contributed by atoms with van der Waals surface area (Å²) >= 11 is 0. The highest BCUT2D eigenvalue weighted by Gasteiger charge is 2.32. The first-order chi connectivity index (χ1) is 13.6. The van der Waals surface area contributed by atoms with Gasteiger partial charge in [-0.2, -0.15) is 0 Å². The van der Waals surface area contributed by atoms with Crippen LogP contribution in [0, 0.1) is 13.8 Å². The van der Waals surface area contributed by atoms with Gasteiger partial charge in [0.25, 0.3) is 0 Å². The lowest BCUT2D eigenvalue weighted by Gasteiger charge is -2.33. The zero-order chi connectivity index (χ0) is 20.4. The summed E-state index contributed by atoms with van der Waals surface area (Å²) in [7, 11) is 3.75. The molecule has 2 nitrogen and oxygen atoms in total. The smallest absolute Gasteiger partial charge is 0.117 e. The summed E-state index contributed by atoms with van der Waals surface area (Å²) < 4.78 is 5.94. The van der Waals surface area contributed by atoms with Gasteiger partial charge >= 0.3 is 0 Å². The fourth-order valence-corrected chi connectivity index (χ4v) is 3.40. The highest BCUT2D eigenvalue weighted by molar-refractivity contribution is 5.38. The molecule has 0 saturated heterocycles. The monoisotopic (exact) mass is 375 g/mol. The van der Waals surface area contributed by atoms with Crippen LogP contribution in [0.4, 0.5) is 0 Å². The number of hydrogen-bond acceptors (Lipinski definition) is 2. The number of rotatable bonds is 6. The van der Waals surface area contributed by atoms with Crippen LogP contribution < -0.4 is 5.32 Å². The lowest BCUT2D eigenvalue weighted by atomic mass is 9.83. The third-order valence-electron chi connectivity index (χ3n) is 5.11. The third kappa shape index (κ3) is 5.54. The molecule has 0 spiro atoms. The summed E-state index contributed by atoms with van der Waals surface area (Å²) in [6.45, 7) is 7.34. The van der Waals surface area contributed by atoms with Gasteiger partial charge in [0.1, 0.15) is 5.60 Å². The maximum absolute atomic E-state index is 5.94. The molecule has 0 fully saturated rings. The van der Waals surface area contributed by atoms with Gasteiger partial charge in [0.15, 0.2) is 0 Å². The number of benzene rings is 3. The second-order valence-electron chi connectivity index (χ2n) is 7.13. The van der Waals surface area contributed by atoms with Crippen LogP contribution in [0.2, 0.25) is 0 Å². The molecule has 148 valence electrons. The van der Waals surface area contributed by atoms with Crippen molar-refractivity contribution >= 4 is 0 Å². The van der Waals surface area contributed by atoms with Crippen molar-refractivity contribution in [3.05, 3.63) is 107 Å². The first-order valence-electron chi connectivity index (χ1n) is 9.93. The van der Waals surface area contributed by atoms with E-state index in [4.69, 9.17) is 4.74 Å². The number of nitrogens with one attached hydrogen (secondary N) is 1. The van der Waals surface area contributed by atoms with Crippen molar-refractivity contribution in [2.75, 3.05) is 14.2 Å². The Labute approximate surface area is 170 Å². The molecule has 2 heteroatoms. The summed E-state index contributed by atoms with van der Waals surface area (Å²) in [6.07, 6.45) is 0.912. The fraction of sp³-hybridized carbons (Fsp3) is 0.308. The van der Waals surface area contributed by atoms with E-state index in [1.165, 1.54) is 27.8 Å². The molecule has 0 atom stereocenters. The molecule has 0 aromatic heterocycles. The summed E-state index contributed by atoms with van der Waals surface area (Å²) in [5, 5.41) is 3.08. The van der Waals surface area contributed by atoms with E-state index in [1.54, 1.807) is 7.11 Å². The molecule has 0 aliphatic carbocycles. The standard InChI is InChI=1S/C18H22O.C8H11N/c1-5-18(19-4,16-10-6-14(2)7-11-16)17-12-8-15(3)9-13-17;1-9-7-8-5-3-2-4-6-8/h6-13H,5H2,1-4H3;2-6,9H,7H2,1H3. The van der Waals surface area contributed by atoms with Crippen molar-refractivity contribution in [1.29, 1.82) is 0 Å². The van der Waals surface area contributed by atoms with E-state index >= 15 is 0 Å². The number of hydrogen-bond donors (Lipinski definition) is 1.